The molecule has 1 aromatic carbocycles. The zero-order valence-electron chi connectivity index (χ0n) is 17.0. The summed E-state index contributed by atoms with van der Waals surface area (Å²) in [5.74, 6) is -1.65. The Balaban J connectivity index is 2.19. The summed E-state index contributed by atoms with van der Waals surface area (Å²) in [4.78, 5) is 39.3. The number of aryl methyl sites for hydroxylation is 1. The van der Waals surface area contributed by atoms with E-state index in [-0.39, 0.29) is 30.9 Å². The van der Waals surface area contributed by atoms with Gasteiger partial charge in [0, 0.05) is 25.8 Å². The van der Waals surface area contributed by atoms with Crippen molar-refractivity contribution < 1.29 is 24.2 Å². The fourth-order valence-corrected chi connectivity index (χ4v) is 3.71. The molecule has 0 aromatic heterocycles. The van der Waals surface area contributed by atoms with Gasteiger partial charge in [-0.25, -0.2) is 0 Å². The van der Waals surface area contributed by atoms with Crippen LogP contribution in [-0.4, -0.2) is 60.6 Å². The number of amides is 2. The molecule has 2 rings (SSSR count). The van der Waals surface area contributed by atoms with E-state index in [9.17, 15) is 19.5 Å². The second-order valence-electron chi connectivity index (χ2n) is 7.89. The number of carboxylic acids is 1. The summed E-state index contributed by atoms with van der Waals surface area (Å²) in [6, 6.07) is 6.48. The first-order chi connectivity index (χ1) is 13.2. The van der Waals surface area contributed by atoms with Crippen LogP contribution in [-0.2, 0) is 14.3 Å². The molecule has 2 N–H and O–H groups in total. The number of aliphatic carboxylic acids is 1. The van der Waals surface area contributed by atoms with Crippen molar-refractivity contribution in [1.82, 2.24) is 10.2 Å². The van der Waals surface area contributed by atoms with E-state index in [1.54, 1.807) is 17.0 Å². The quantitative estimate of drug-likeness (QED) is 0.743. The molecule has 1 fully saturated rings. The van der Waals surface area contributed by atoms with E-state index in [0.717, 1.165) is 5.56 Å². The molecule has 0 bridgehead atoms. The summed E-state index contributed by atoms with van der Waals surface area (Å²) in [5.41, 5.74) is 0.251. The monoisotopic (exact) mass is 390 g/mol. The number of nitrogens with one attached hydrogen (secondary N) is 1. The number of benzene rings is 1. The van der Waals surface area contributed by atoms with Gasteiger partial charge in [0.15, 0.2) is 0 Å². The minimum atomic E-state index is -1.11. The molecule has 28 heavy (non-hydrogen) atoms. The number of hydrogen-bond donors (Lipinski definition) is 2. The van der Waals surface area contributed by atoms with Crippen LogP contribution in [0.15, 0.2) is 24.3 Å². The van der Waals surface area contributed by atoms with Crippen molar-refractivity contribution >= 4 is 17.8 Å². The molecule has 7 heteroatoms. The van der Waals surface area contributed by atoms with Crippen molar-refractivity contribution in [1.29, 1.82) is 0 Å². The summed E-state index contributed by atoms with van der Waals surface area (Å²) < 4.78 is 5.13. The fourth-order valence-electron chi connectivity index (χ4n) is 3.71. The second kappa shape index (κ2) is 9.19. The smallest absolute Gasteiger partial charge is 0.313 e. The van der Waals surface area contributed by atoms with Gasteiger partial charge in [-0.15, -0.1) is 0 Å². The molecule has 0 saturated carbocycles. The number of carboxylic acid groups (broad SMARTS) is 1. The van der Waals surface area contributed by atoms with E-state index in [1.165, 1.54) is 7.11 Å². The number of carbonyl (C=O) groups is 3. The van der Waals surface area contributed by atoms with Gasteiger partial charge in [-0.3, -0.25) is 14.4 Å². The van der Waals surface area contributed by atoms with Crippen molar-refractivity contribution in [3.05, 3.63) is 35.4 Å². The number of carbonyl (C=O) groups excluding carboxylic acids is 2. The highest BCUT2D eigenvalue weighted by Gasteiger charge is 2.45. The first-order valence-electron chi connectivity index (χ1n) is 9.59. The predicted molar refractivity (Wildman–Crippen MR) is 105 cm³/mol. The molecular formula is C21H30N2O5. The van der Waals surface area contributed by atoms with Gasteiger partial charge in [-0.05, 0) is 37.3 Å². The van der Waals surface area contributed by atoms with Crippen molar-refractivity contribution in [2.24, 2.45) is 11.3 Å². The fraction of sp³-hybridized carbons (Fsp3) is 0.571. The third-order valence-corrected chi connectivity index (χ3v) is 5.37. The maximum atomic E-state index is 13.2. The lowest BCUT2D eigenvalue weighted by atomic mass is 9.80. The lowest BCUT2D eigenvalue weighted by molar-refractivity contribution is -0.159. The topological polar surface area (TPSA) is 95.9 Å². The minimum Gasteiger partial charge on any atom is -0.481 e. The molecule has 0 spiro atoms. The molecule has 2 atom stereocenters. The number of likely N-dealkylation sites (tertiary alicyclic amines) is 1. The Morgan fingerprint density at radius 2 is 1.96 bits per heavy atom. The zero-order chi connectivity index (χ0) is 20.9. The number of nitrogens with zero attached hydrogens (tertiary/aromatic N) is 1. The SMILES string of the molecule is COCC1(C(=O)O)CCCN(C(=O)C(NC(=O)c2ccccc2C)C(C)C)C1. The van der Waals surface area contributed by atoms with E-state index >= 15 is 0 Å². The average molecular weight is 390 g/mol. The third kappa shape index (κ3) is 4.70. The summed E-state index contributed by atoms with van der Waals surface area (Å²) in [6.45, 7) is 6.18. The summed E-state index contributed by atoms with van der Waals surface area (Å²) >= 11 is 0. The maximum absolute atomic E-state index is 13.2. The molecule has 2 amide bonds. The third-order valence-electron chi connectivity index (χ3n) is 5.37. The Bertz CT molecular complexity index is 729. The van der Waals surface area contributed by atoms with Crippen LogP contribution in [0.25, 0.3) is 0 Å². The van der Waals surface area contributed by atoms with Crippen LogP contribution in [0.5, 0.6) is 0 Å². The predicted octanol–water partition coefficient (Wildman–Crippen LogP) is 2.09. The van der Waals surface area contributed by atoms with Crippen LogP contribution >= 0.6 is 0 Å². The number of hydrogen-bond acceptors (Lipinski definition) is 4. The number of methoxy groups -OCH3 is 1. The van der Waals surface area contributed by atoms with E-state index < -0.39 is 17.4 Å². The molecule has 0 radical (unpaired) electrons. The lowest BCUT2D eigenvalue weighted by Crippen LogP contribution is -2.57. The van der Waals surface area contributed by atoms with Gasteiger partial charge in [0.25, 0.3) is 5.91 Å². The van der Waals surface area contributed by atoms with E-state index in [2.05, 4.69) is 5.32 Å². The molecule has 1 aliphatic rings. The van der Waals surface area contributed by atoms with Crippen LogP contribution < -0.4 is 5.32 Å². The van der Waals surface area contributed by atoms with E-state index in [0.29, 0.717) is 24.9 Å². The molecule has 1 heterocycles. The van der Waals surface area contributed by atoms with Gasteiger partial charge in [0.2, 0.25) is 5.91 Å². The standard InChI is InChI=1S/C21H30N2O5/c1-14(2)17(22-18(24)16-9-6-5-8-15(16)3)19(25)23-11-7-10-21(12-23,13-28-4)20(26)27/h5-6,8-9,14,17H,7,10-13H2,1-4H3,(H,22,24)(H,26,27). The zero-order valence-corrected chi connectivity index (χ0v) is 17.0. The van der Waals surface area contributed by atoms with Crippen molar-refractivity contribution in [3.63, 3.8) is 0 Å². The first-order valence-corrected chi connectivity index (χ1v) is 9.59. The van der Waals surface area contributed by atoms with Gasteiger partial charge < -0.3 is 20.1 Å². The molecule has 154 valence electrons. The average Bonchev–Trinajstić information content (AvgIpc) is 2.65. The Kier molecular flexibility index (Phi) is 7.18. The second-order valence-corrected chi connectivity index (χ2v) is 7.89. The van der Waals surface area contributed by atoms with Crippen LogP contribution in [0.3, 0.4) is 0 Å². The highest BCUT2D eigenvalue weighted by molar-refractivity contribution is 5.98. The Labute approximate surface area is 166 Å². The van der Waals surface area contributed by atoms with Gasteiger partial charge in [-0.2, -0.15) is 0 Å². The minimum absolute atomic E-state index is 0.0496. The highest BCUT2D eigenvalue weighted by atomic mass is 16.5. The first kappa shape index (κ1) is 21.9. The van der Waals surface area contributed by atoms with Crippen molar-refractivity contribution in [2.75, 3.05) is 26.8 Å². The molecule has 0 aliphatic carbocycles. The van der Waals surface area contributed by atoms with E-state index in [1.807, 2.05) is 32.9 Å². The molecule has 1 aliphatic heterocycles. The van der Waals surface area contributed by atoms with Crippen LogP contribution in [0.4, 0.5) is 0 Å². The summed E-state index contributed by atoms with van der Waals surface area (Å²) in [5, 5.41) is 12.6. The van der Waals surface area contributed by atoms with Crippen LogP contribution in [0, 0.1) is 18.3 Å². The molecular weight excluding hydrogens is 360 g/mol. The molecule has 1 saturated heterocycles. The van der Waals surface area contributed by atoms with Gasteiger partial charge in [-0.1, -0.05) is 32.0 Å². The van der Waals surface area contributed by atoms with Gasteiger partial charge >= 0.3 is 5.97 Å². The van der Waals surface area contributed by atoms with Gasteiger partial charge in [0.1, 0.15) is 11.5 Å². The Morgan fingerprint density at radius 3 is 2.54 bits per heavy atom. The van der Waals surface area contributed by atoms with Crippen LogP contribution in [0.1, 0.15) is 42.6 Å². The molecule has 1 aromatic rings. The largest absolute Gasteiger partial charge is 0.481 e. The number of piperidine rings is 1. The van der Waals surface area contributed by atoms with Crippen molar-refractivity contribution in [2.45, 2.75) is 39.7 Å². The Hall–Kier alpha value is -2.41. The van der Waals surface area contributed by atoms with E-state index in [4.69, 9.17) is 4.74 Å². The number of ether oxygens (including phenoxy) is 1. The number of rotatable bonds is 7. The Morgan fingerprint density at radius 1 is 1.29 bits per heavy atom. The normalized spacial score (nSPS) is 20.7. The summed E-state index contributed by atoms with van der Waals surface area (Å²) in [7, 11) is 1.46. The van der Waals surface area contributed by atoms with Crippen molar-refractivity contribution in [3.8, 4) is 0 Å². The summed E-state index contributed by atoms with van der Waals surface area (Å²) in [6.07, 6.45) is 1.04. The van der Waals surface area contributed by atoms with Crippen LogP contribution in [0.2, 0.25) is 0 Å². The van der Waals surface area contributed by atoms with Gasteiger partial charge in [0.05, 0.1) is 6.61 Å². The lowest BCUT2D eigenvalue weighted by Gasteiger charge is -2.41. The highest BCUT2D eigenvalue weighted by Crippen LogP contribution is 2.31. The molecule has 7 nitrogen and oxygen atoms in total. The maximum Gasteiger partial charge on any atom is 0.313 e. The molecule has 2 unspecified atom stereocenters.